The maximum absolute atomic E-state index is 5.86. The molecule has 0 aliphatic carbocycles. The molecule has 2 rings (SSSR count). The number of aryl methyl sites for hydroxylation is 1. The number of para-hydroxylation sites is 1. The van der Waals surface area contributed by atoms with E-state index in [2.05, 4.69) is 18.3 Å². The van der Waals surface area contributed by atoms with Gasteiger partial charge < -0.3 is 14.5 Å². The van der Waals surface area contributed by atoms with Gasteiger partial charge >= 0.3 is 0 Å². The second-order valence-electron chi connectivity index (χ2n) is 5.32. The molecule has 0 bridgehead atoms. The van der Waals surface area contributed by atoms with Crippen molar-refractivity contribution in [2.45, 2.75) is 46.4 Å². The lowest BCUT2D eigenvalue weighted by Gasteiger charge is -2.19. The highest BCUT2D eigenvalue weighted by Gasteiger charge is 2.12. The van der Waals surface area contributed by atoms with Crippen LogP contribution in [0.4, 0.5) is 0 Å². The van der Waals surface area contributed by atoms with Crippen LogP contribution in [-0.2, 0) is 6.54 Å². The van der Waals surface area contributed by atoms with E-state index in [1.807, 2.05) is 51.1 Å². The molecule has 1 aromatic carbocycles. The molecule has 1 N–H and O–H groups in total. The van der Waals surface area contributed by atoms with Crippen molar-refractivity contribution in [3.8, 4) is 5.75 Å². The normalized spacial score (nSPS) is 12.7. The molecular formula is C17H23NO2. The van der Waals surface area contributed by atoms with Crippen molar-refractivity contribution in [2.75, 3.05) is 0 Å². The molecule has 1 heterocycles. The van der Waals surface area contributed by atoms with Gasteiger partial charge in [0, 0.05) is 11.6 Å². The molecule has 0 saturated heterocycles. The van der Waals surface area contributed by atoms with Crippen LogP contribution < -0.4 is 10.1 Å². The first kappa shape index (κ1) is 14.7. The molecule has 2 aromatic rings. The van der Waals surface area contributed by atoms with Crippen molar-refractivity contribution >= 4 is 0 Å². The van der Waals surface area contributed by atoms with E-state index in [0.29, 0.717) is 6.54 Å². The number of nitrogens with one attached hydrogen (secondary N) is 1. The molecule has 1 aromatic heterocycles. The maximum atomic E-state index is 5.86. The number of ether oxygens (including phenoxy) is 1. The zero-order chi connectivity index (χ0) is 14.5. The topological polar surface area (TPSA) is 34.4 Å². The third-order valence-electron chi connectivity index (χ3n) is 3.13. The van der Waals surface area contributed by atoms with E-state index in [-0.39, 0.29) is 12.1 Å². The van der Waals surface area contributed by atoms with Gasteiger partial charge in [-0.15, -0.1) is 0 Å². The molecule has 108 valence electrons. The van der Waals surface area contributed by atoms with Gasteiger partial charge in [0.05, 0.1) is 12.6 Å². The molecular weight excluding hydrogens is 250 g/mol. The quantitative estimate of drug-likeness (QED) is 0.855. The van der Waals surface area contributed by atoms with Crippen molar-refractivity contribution in [2.24, 2.45) is 0 Å². The monoisotopic (exact) mass is 273 g/mol. The Labute approximate surface area is 121 Å². The molecule has 0 saturated carbocycles. The first-order chi connectivity index (χ1) is 9.56. The highest BCUT2D eigenvalue weighted by molar-refractivity contribution is 5.35. The number of furan rings is 1. The predicted octanol–water partition coefficient (Wildman–Crippen LogP) is 4.23. The molecule has 3 nitrogen and oxygen atoms in total. The smallest absolute Gasteiger partial charge is 0.124 e. The second-order valence-corrected chi connectivity index (χ2v) is 5.32. The van der Waals surface area contributed by atoms with Gasteiger partial charge in [0.25, 0.3) is 0 Å². The fourth-order valence-corrected chi connectivity index (χ4v) is 2.14. The number of hydrogen-bond acceptors (Lipinski definition) is 3. The number of hydrogen-bond donors (Lipinski definition) is 1. The first-order valence-corrected chi connectivity index (χ1v) is 7.10. The molecule has 0 aliphatic rings. The van der Waals surface area contributed by atoms with Crippen LogP contribution in [-0.4, -0.2) is 6.10 Å². The fraction of sp³-hybridized carbons (Fsp3) is 0.412. The SMILES string of the molecule is Cc1ccc(CNC(C)c2ccccc2OC(C)C)o1. The van der Waals surface area contributed by atoms with Crippen molar-refractivity contribution < 1.29 is 9.15 Å². The number of benzene rings is 1. The average molecular weight is 273 g/mol. The zero-order valence-electron chi connectivity index (χ0n) is 12.6. The summed E-state index contributed by atoms with van der Waals surface area (Å²) < 4.78 is 11.4. The van der Waals surface area contributed by atoms with Crippen LogP contribution in [0.2, 0.25) is 0 Å². The van der Waals surface area contributed by atoms with Gasteiger partial charge in [-0.1, -0.05) is 18.2 Å². The van der Waals surface area contributed by atoms with Crippen LogP contribution in [0.25, 0.3) is 0 Å². The Kier molecular flexibility index (Phi) is 4.85. The van der Waals surface area contributed by atoms with Crippen LogP contribution in [0, 0.1) is 6.92 Å². The third kappa shape index (κ3) is 3.87. The van der Waals surface area contributed by atoms with Crippen LogP contribution in [0.5, 0.6) is 5.75 Å². The van der Waals surface area contributed by atoms with Gasteiger partial charge in [-0.25, -0.2) is 0 Å². The molecule has 3 heteroatoms. The highest BCUT2D eigenvalue weighted by atomic mass is 16.5. The van der Waals surface area contributed by atoms with Crippen molar-refractivity contribution in [3.05, 3.63) is 53.5 Å². The Morgan fingerprint density at radius 2 is 1.85 bits per heavy atom. The minimum Gasteiger partial charge on any atom is -0.491 e. The van der Waals surface area contributed by atoms with E-state index in [9.17, 15) is 0 Å². The van der Waals surface area contributed by atoms with Gasteiger partial charge in [-0.3, -0.25) is 0 Å². The Bertz CT molecular complexity index is 545. The van der Waals surface area contributed by atoms with Crippen molar-refractivity contribution in [3.63, 3.8) is 0 Å². The second kappa shape index (κ2) is 6.62. The van der Waals surface area contributed by atoms with Gasteiger partial charge in [0.2, 0.25) is 0 Å². The summed E-state index contributed by atoms with van der Waals surface area (Å²) in [6.07, 6.45) is 0.177. The Hall–Kier alpha value is -1.74. The van der Waals surface area contributed by atoms with E-state index in [4.69, 9.17) is 9.15 Å². The van der Waals surface area contributed by atoms with Gasteiger partial charge in [-0.2, -0.15) is 0 Å². The van der Waals surface area contributed by atoms with Gasteiger partial charge in [-0.05, 0) is 45.9 Å². The number of rotatable bonds is 6. The predicted molar refractivity (Wildman–Crippen MR) is 80.9 cm³/mol. The van der Waals surface area contributed by atoms with Crippen molar-refractivity contribution in [1.29, 1.82) is 0 Å². The Balaban J connectivity index is 2.03. The molecule has 0 radical (unpaired) electrons. The molecule has 0 aliphatic heterocycles. The van der Waals surface area contributed by atoms with E-state index in [1.165, 1.54) is 5.56 Å². The third-order valence-corrected chi connectivity index (χ3v) is 3.13. The lowest BCUT2D eigenvalue weighted by Crippen LogP contribution is -2.19. The van der Waals surface area contributed by atoms with E-state index in [1.54, 1.807) is 0 Å². The zero-order valence-corrected chi connectivity index (χ0v) is 12.6. The lowest BCUT2D eigenvalue weighted by atomic mass is 10.1. The van der Waals surface area contributed by atoms with E-state index < -0.39 is 0 Å². The van der Waals surface area contributed by atoms with Crippen LogP contribution in [0.3, 0.4) is 0 Å². The molecule has 0 amide bonds. The summed E-state index contributed by atoms with van der Waals surface area (Å²) in [5.74, 6) is 2.84. The summed E-state index contributed by atoms with van der Waals surface area (Å²) in [7, 11) is 0. The molecule has 20 heavy (non-hydrogen) atoms. The largest absolute Gasteiger partial charge is 0.491 e. The lowest BCUT2D eigenvalue weighted by molar-refractivity contribution is 0.238. The summed E-state index contributed by atoms with van der Waals surface area (Å²) >= 11 is 0. The van der Waals surface area contributed by atoms with Gasteiger partial charge in [0.1, 0.15) is 17.3 Å². The standard InChI is InChI=1S/C17H23NO2/c1-12(2)19-17-8-6-5-7-16(17)14(4)18-11-15-10-9-13(3)20-15/h5-10,12,14,18H,11H2,1-4H3. The van der Waals surface area contributed by atoms with E-state index >= 15 is 0 Å². The molecule has 1 unspecified atom stereocenters. The summed E-state index contributed by atoms with van der Waals surface area (Å²) in [4.78, 5) is 0. The Morgan fingerprint density at radius 3 is 2.50 bits per heavy atom. The van der Waals surface area contributed by atoms with Crippen LogP contribution in [0.15, 0.2) is 40.8 Å². The van der Waals surface area contributed by atoms with Gasteiger partial charge in [0.15, 0.2) is 0 Å². The summed E-state index contributed by atoms with van der Waals surface area (Å²) in [6.45, 7) is 8.89. The fourth-order valence-electron chi connectivity index (χ4n) is 2.14. The highest BCUT2D eigenvalue weighted by Crippen LogP contribution is 2.26. The summed E-state index contributed by atoms with van der Waals surface area (Å²) in [5, 5.41) is 3.47. The van der Waals surface area contributed by atoms with Crippen LogP contribution >= 0.6 is 0 Å². The summed E-state index contributed by atoms with van der Waals surface area (Å²) in [5.41, 5.74) is 1.17. The molecule has 1 atom stereocenters. The summed E-state index contributed by atoms with van der Waals surface area (Å²) in [6, 6.07) is 12.4. The molecule has 0 fully saturated rings. The molecule has 0 spiro atoms. The first-order valence-electron chi connectivity index (χ1n) is 7.10. The van der Waals surface area contributed by atoms with E-state index in [0.717, 1.165) is 17.3 Å². The van der Waals surface area contributed by atoms with Crippen LogP contribution in [0.1, 0.15) is 43.9 Å². The van der Waals surface area contributed by atoms with Crippen molar-refractivity contribution in [1.82, 2.24) is 5.32 Å². The maximum Gasteiger partial charge on any atom is 0.124 e. The minimum atomic E-state index is 0.177. The average Bonchev–Trinajstić information content (AvgIpc) is 2.82. The Morgan fingerprint density at radius 1 is 1.10 bits per heavy atom. The minimum absolute atomic E-state index is 0.177.